The van der Waals surface area contributed by atoms with Gasteiger partial charge in [-0.25, -0.2) is 0 Å². The third kappa shape index (κ3) is 53.8. The zero-order valence-electron chi connectivity index (χ0n) is 65.7. The van der Waals surface area contributed by atoms with Gasteiger partial charge in [0.1, 0.15) is 48.8 Å². The average Bonchev–Trinajstić information content (AvgIpc) is 0.791. The lowest BCUT2D eigenvalue weighted by Crippen LogP contribution is -2.65. The Bertz CT molecular complexity index is 2270. The summed E-state index contributed by atoms with van der Waals surface area (Å²) in [5, 5.41) is 87.8. The van der Waals surface area contributed by atoms with E-state index in [0.29, 0.717) is 6.42 Å². The van der Waals surface area contributed by atoms with Crippen LogP contribution in [0.5, 0.6) is 0 Å². The van der Waals surface area contributed by atoms with Crippen LogP contribution < -0.4 is 5.32 Å². The van der Waals surface area contributed by atoms with Crippen molar-refractivity contribution in [2.24, 2.45) is 0 Å². The molecule has 12 atom stereocenters. The molecule has 12 unspecified atom stereocenters. The molecular weight excluding hydrogens is 1300 g/mol. The van der Waals surface area contributed by atoms with Crippen molar-refractivity contribution >= 4 is 5.91 Å². The number of unbranched alkanes of at least 4 members (excludes halogenated alkanes) is 37. The first-order valence-electron chi connectivity index (χ1n) is 42.4. The van der Waals surface area contributed by atoms with Crippen molar-refractivity contribution in [1.82, 2.24) is 5.32 Å². The summed E-state index contributed by atoms with van der Waals surface area (Å²) in [6.45, 7) is 2.71. The number of rotatable bonds is 70. The van der Waals surface area contributed by atoms with Crippen molar-refractivity contribution in [3.05, 3.63) is 134 Å². The Morgan fingerprint density at radius 2 is 0.663 bits per heavy atom. The first kappa shape index (κ1) is 96.2. The van der Waals surface area contributed by atoms with Crippen LogP contribution in [0.3, 0.4) is 0 Å². The maximum absolute atomic E-state index is 13.4. The van der Waals surface area contributed by atoms with Gasteiger partial charge in [-0.05, 0) is 96.3 Å². The second kappa shape index (κ2) is 72.0. The number of hydrogen-bond donors (Lipinski definition) is 9. The minimum Gasteiger partial charge on any atom is -0.394 e. The highest BCUT2D eigenvalue weighted by molar-refractivity contribution is 5.76. The fourth-order valence-electron chi connectivity index (χ4n) is 13.2. The summed E-state index contributed by atoms with van der Waals surface area (Å²) in [6, 6.07) is -0.931. The zero-order valence-corrected chi connectivity index (χ0v) is 65.7. The predicted molar refractivity (Wildman–Crippen MR) is 433 cm³/mol. The van der Waals surface area contributed by atoms with Crippen LogP contribution in [0.4, 0.5) is 0 Å². The number of nitrogens with one attached hydrogen (secondary N) is 1. The van der Waals surface area contributed by atoms with E-state index in [0.717, 1.165) is 116 Å². The molecule has 2 rings (SSSR count). The normalized spacial score (nSPS) is 22.2. The smallest absolute Gasteiger partial charge is 0.220 e. The monoisotopic (exact) mass is 1460 g/mol. The lowest BCUT2D eigenvalue weighted by atomic mass is 9.97. The molecule has 0 radical (unpaired) electrons. The quantitative estimate of drug-likeness (QED) is 0.0204. The fourth-order valence-corrected chi connectivity index (χ4v) is 13.2. The van der Waals surface area contributed by atoms with E-state index in [9.17, 15) is 45.6 Å². The van der Waals surface area contributed by atoms with Crippen molar-refractivity contribution in [1.29, 1.82) is 0 Å². The molecular formula is C90H155NO13. The molecule has 14 nitrogen and oxygen atoms in total. The highest BCUT2D eigenvalue weighted by Gasteiger charge is 2.51. The number of allylic oxidation sites excluding steroid dienone is 21. The van der Waals surface area contributed by atoms with Crippen molar-refractivity contribution in [3.63, 3.8) is 0 Å². The third-order valence-corrected chi connectivity index (χ3v) is 19.8. The summed E-state index contributed by atoms with van der Waals surface area (Å²) in [5.74, 6) is -0.249. The summed E-state index contributed by atoms with van der Waals surface area (Å²) in [4.78, 5) is 13.4. The number of hydrogen-bond acceptors (Lipinski definition) is 13. The third-order valence-electron chi connectivity index (χ3n) is 19.8. The molecule has 0 saturated carbocycles. The van der Waals surface area contributed by atoms with Gasteiger partial charge in [-0.2, -0.15) is 0 Å². The van der Waals surface area contributed by atoms with Gasteiger partial charge in [-0.3, -0.25) is 4.79 Å². The molecule has 2 saturated heterocycles. The number of carbonyl (C=O) groups is 1. The molecule has 0 spiro atoms. The van der Waals surface area contributed by atoms with E-state index < -0.39 is 86.8 Å². The molecule has 9 N–H and O–H groups in total. The largest absolute Gasteiger partial charge is 0.394 e. The van der Waals surface area contributed by atoms with Crippen LogP contribution in [0.25, 0.3) is 0 Å². The average molecular weight is 1460 g/mol. The van der Waals surface area contributed by atoms with Crippen molar-refractivity contribution in [2.75, 3.05) is 19.8 Å². The Morgan fingerprint density at radius 3 is 1.02 bits per heavy atom. The van der Waals surface area contributed by atoms with E-state index in [1.807, 2.05) is 6.08 Å². The van der Waals surface area contributed by atoms with Gasteiger partial charge in [0.25, 0.3) is 0 Å². The van der Waals surface area contributed by atoms with Crippen LogP contribution in [0.2, 0.25) is 0 Å². The van der Waals surface area contributed by atoms with Crippen molar-refractivity contribution < 1.29 is 64.6 Å². The lowest BCUT2D eigenvalue weighted by molar-refractivity contribution is -0.359. The molecule has 0 aromatic heterocycles. The summed E-state index contributed by atoms with van der Waals surface area (Å²) in [6.07, 6.45) is 91.0. The van der Waals surface area contributed by atoms with Crippen molar-refractivity contribution in [3.8, 4) is 0 Å². The minimum absolute atomic E-state index is 0.249. The summed E-state index contributed by atoms with van der Waals surface area (Å²) in [5.41, 5.74) is 0. The Labute approximate surface area is 634 Å². The summed E-state index contributed by atoms with van der Waals surface area (Å²) >= 11 is 0. The second-order valence-corrected chi connectivity index (χ2v) is 29.2. The van der Waals surface area contributed by atoms with Gasteiger partial charge in [0.05, 0.1) is 32.0 Å². The Kier molecular flexibility index (Phi) is 66.6. The fraction of sp³-hybridized carbons (Fsp3) is 0.744. The van der Waals surface area contributed by atoms with Crippen LogP contribution in [0, 0.1) is 0 Å². The van der Waals surface area contributed by atoms with Gasteiger partial charge in [-0.15, -0.1) is 0 Å². The first-order chi connectivity index (χ1) is 51.1. The molecule has 1 amide bonds. The molecule has 2 heterocycles. The van der Waals surface area contributed by atoms with Crippen LogP contribution in [0.15, 0.2) is 134 Å². The van der Waals surface area contributed by atoms with Gasteiger partial charge in [0, 0.05) is 6.42 Å². The van der Waals surface area contributed by atoms with E-state index in [2.05, 4.69) is 141 Å². The zero-order chi connectivity index (χ0) is 75.1. The molecule has 104 heavy (non-hydrogen) atoms. The van der Waals surface area contributed by atoms with E-state index >= 15 is 0 Å². The Balaban J connectivity index is 1.62. The Hall–Kier alpha value is -3.87. The molecule has 0 aromatic carbocycles. The highest BCUT2D eigenvalue weighted by atomic mass is 16.7. The van der Waals surface area contributed by atoms with Gasteiger partial charge < -0.3 is 65.1 Å². The van der Waals surface area contributed by atoms with E-state index in [4.69, 9.17) is 18.9 Å². The van der Waals surface area contributed by atoms with Gasteiger partial charge in [0.2, 0.25) is 5.91 Å². The predicted octanol–water partition coefficient (Wildman–Crippen LogP) is 20.1. The summed E-state index contributed by atoms with van der Waals surface area (Å²) in [7, 11) is 0. The van der Waals surface area contributed by atoms with E-state index in [1.54, 1.807) is 6.08 Å². The minimum atomic E-state index is -1.80. The molecule has 2 aliphatic rings. The van der Waals surface area contributed by atoms with Crippen LogP contribution in [-0.4, -0.2) is 140 Å². The topological polar surface area (TPSA) is 228 Å². The van der Waals surface area contributed by atoms with Crippen molar-refractivity contribution in [2.45, 2.75) is 408 Å². The SMILES string of the molecule is CC/C=C\C/C=C\C/C=C\C/C=C\C/C=C\C/C=C\C/C=C\C/C=C\C/C=C\C/C=C\CCCCCCCCCCC(=O)NC(COC1OC(CO)C(OC2OC(CO)C(O)C(O)C2O)C(O)C1O)C(O)/C=C/CCCCCCCCCCCCCCCCCCCCCCCCCCCCCCC. The number of carbonyl (C=O) groups excluding carboxylic acids is 1. The van der Waals surface area contributed by atoms with Crippen LogP contribution >= 0.6 is 0 Å². The Morgan fingerprint density at radius 1 is 0.356 bits per heavy atom. The number of aliphatic hydroxyl groups excluding tert-OH is 8. The molecule has 0 aliphatic carbocycles. The molecule has 0 aromatic rings. The molecule has 2 aliphatic heterocycles. The molecule has 14 heteroatoms. The first-order valence-corrected chi connectivity index (χ1v) is 42.4. The van der Waals surface area contributed by atoms with Gasteiger partial charge in [0.15, 0.2) is 12.6 Å². The number of ether oxygens (including phenoxy) is 4. The lowest BCUT2D eigenvalue weighted by Gasteiger charge is -2.46. The van der Waals surface area contributed by atoms with Gasteiger partial charge in [-0.1, -0.05) is 366 Å². The van der Waals surface area contributed by atoms with E-state index in [1.165, 1.54) is 193 Å². The van der Waals surface area contributed by atoms with E-state index in [-0.39, 0.29) is 18.9 Å². The van der Waals surface area contributed by atoms with Gasteiger partial charge >= 0.3 is 0 Å². The standard InChI is InChI=1S/C90H155NO13/c1-3-5-7-9-11-13-15-17-19-21-23-25-27-29-31-33-35-36-37-38-39-40-41-42-44-46-48-50-52-54-56-58-60-62-64-66-68-70-72-74-82(95)91-78(77-101-89-87(100)85(98)88(81(76-93)103-89)104-90-86(99)84(97)83(96)80(75-92)102-90)79(94)73-71-69-67-65-63-61-59-57-55-53-51-49-47-45-43-34-32-30-28-26-24-22-20-18-16-14-12-10-8-6-4-2/h5,7,11,13,17,19,23,25,29,31,35-36,38-39,41-42,46,48,52,54,71,73,78-81,83-90,92-94,96-100H,3-4,6,8-10,12,14-16,18,20-22,24,26-28,30,32-34,37,40,43-45,47,49-51,53,55-70,72,74-77H2,1-2H3,(H,91,95)/b7-5-,13-11-,19-17-,25-23-,31-29-,36-35-,39-38-,42-41-,48-46-,54-52-,73-71+. The molecule has 598 valence electrons. The number of aliphatic hydroxyl groups is 8. The molecule has 2 fully saturated rings. The number of amides is 1. The maximum atomic E-state index is 13.4. The highest BCUT2D eigenvalue weighted by Crippen LogP contribution is 2.30. The molecule has 0 bridgehead atoms. The van der Waals surface area contributed by atoms with Crippen LogP contribution in [0.1, 0.15) is 335 Å². The maximum Gasteiger partial charge on any atom is 0.220 e. The second-order valence-electron chi connectivity index (χ2n) is 29.2. The summed E-state index contributed by atoms with van der Waals surface area (Å²) < 4.78 is 22.9. The van der Waals surface area contributed by atoms with Crippen LogP contribution in [-0.2, 0) is 23.7 Å².